The van der Waals surface area contributed by atoms with E-state index in [9.17, 15) is 19.2 Å². The van der Waals surface area contributed by atoms with E-state index in [2.05, 4.69) is 54.8 Å². The molecule has 12 rings (SSSR count). The van der Waals surface area contributed by atoms with Crippen LogP contribution in [0.15, 0.2) is 140 Å². The zero-order chi connectivity index (χ0) is 51.0. The van der Waals surface area contributed by atoms with Gasteiger partial charge >= 0.3 is 0 Å². The summed E-state index contributed by atoms with van der Waals surface area (Å²) in [6.07, 6.45) is 2.29. The van der Waals surface area contributed by atoms with Gasteiger partial charge in [0.25, 0.3) is 11.8 Å². The van der Waals surface area contributed by atoms with Gasteiger partial charge in [-0.1, -0.05) is 102 Å². The predicted octanol–water partition coefficient (Wildman–Crippen LogP) is 10.5. The molecule has 2 saturated heterocycles. The molecular weight excluding hydrogens is 964 g/mol. The Morgan fingerprint density at radius 3 is 1.50 bits per heavy atom. The molecule has 4 amide bonds. The summed E-state index contributed by atoms with van der Waals surface area (Å²) in [7, 11) is 0. The van der Waals surface area contributed by atoms with Crippen LogP contribution in [0.5, 0.6) is 0 Å². The molecule has 0 bridgehead atoms. The average Bonchev–Trinajstić information content (AvgIpc) is 4.35. The molecule has 4 heterocycles. The van der Waals surface area contributed by atoms with Crippen LogP contribution >= 0.6 is 23.2 Å². The van der Waals surface area contributed by atoms with Crippen molar-refractivity contribution in [3.05, 3.63) is 200 Å². The maximum atomic E-state index is 14.9. The van der Waals surface area contributed by atoms with Crippen molar-refractivity contribution in [1.82, 2.24) is 19.6 Å². The van der Waals surface area contributed by atoms with Crippen LogP contribution in [-0.2, 0) is 39.9 Å². The summed E-state index contributed by atoms with van der Waals surface area (Å²) >= 11 is 12.5. The second-order valence-electron chi connectivity index (χ2n) is 21.9. The fourth-order valence-corrected chi connectivity index (χ4v) is 13.3. The molecule has 4 aliphatic heterocycles. The third kappa shape index (κ3) is 8.52. The maximum absolute atomic E-state index is 14.9. The van der Waals surface area contributed by atoms with Crippen molar-refractivity contribution in [3.63, 3.8) is 0 Å². The second kappa shape index (κ2) is 19.1. The molecule has 0 radical (unpaired) electrons. The number of nitrogens with zero attached hydrogens (tertiary/aromatic N) is 6. The molecular formula is C62H62Cl2N6O4. The Morgan fingerprint density at radius 1 is 0.514 bits per heavy atom. The highest BCUT2D eigenvalue weighted by Gasteiger charge is 2.68. The summed E-state index contributed by atoms with van der Waals surface area (Å²) in [5.41, 5.74) is 9.35. The lowest BCUT2D eigenvalue weighted by molar-refractivity contribution is -0.121. The predicted molar refractivity (Wildman–Crippen MR) is 292 cm³/mol. The lowest BCUT2D eigenvalue weighted by atomic mass is 9.91. The molecule has 2 saturated carbocycles. The van der Waals surface area contributed by atoms with Crippen LogP contribution in [-0.4, -0.2) is 108 Å². The van der Waals surface area contributed by atoms with Gasteiger partial charge in [-0.05, 0) is 140 Å². The molecule has 12 heteroatoms. The summed E-state index contributed by atoms with van der Waals surface area (Å²) in [5.74, 6) is 0.411. The molecule has 0 N–H and O–H groups in total. The van der Waals surface area contributed by atoms with Crippen LogP contribution in [0.4, 0.5) is 11.4 Å². The van der Waals surface area contributed by atoms with Gasteiger partial charge in [-0.3, -0.25) is 29.0 Å². The van der Waals surface area contributed by atoms with E-state index >= 15 is 0 Å². The van der Waals surface area contributed by atoms with Gasteiger partial charge in [-0.25, -0.2) is 0 Å². The molecule has 10 nitrogen and oxygen atoms in total. The topological polar surface area (TPSA) is 87.7 Å². The molecule has 5 unspecified atom stereocenters. The summed E-state index contributed by atoms with van der Waals surface area (Å²) in [4.78, 5) is 69.9. The number of anilines is 2. The first kappa shape index (κ1) is 48.6. The van der Waals surface area contributed by atoms with Crippen molar-refractivity contribution in [2.75, 3.05) is 62.2 Å². The van der Waals surface area contributed by atoms with Crippen molar-refractivity contribution in [1.29, 1.82) is 0 Å². The van der Waals surface area contributed by atoms with Crippen LogP contribution in [0, 0.1) is 0 Å². The van der Waals surface area contributed by atoms with Gasteiger partial charge in [0, 0.05) is 109 Å². The largest absolute Gasteiger partial charge is 0.336 e. The number of carbonyl (C=O) groups is 4. The monoisotopic (exact) mass is 1020 g/mol. The third-order valence-corrected chi connectivity index (χ3v) is 17.8. The van der Waals surface area contributed by atoms with Gasteiger partial charge in [0.15, 0.2) is 0 Å². The van der Waals surface area contributed by atoms with Gasteiger partial charge in [0.05, 0.1) is 23.9 Å². The lowest BCUT2D eigenvalue weighted by Gasteiger charge is -2.38. The number of hydrogen-bond acceptors (Lipinski definition) is 6. The van der Waals surface area contributed by atoms with Gasteiger partial charge < -0.3 is 19.6 Å². The standard InChI is InChI=1S/C62H62Cl2N6O4/c1-40(2)65-24-28-67(29-25-65)57(71)48-11-7-9-44(34-48)39-70-56-35-42(14-23-52(56)62(60(70)74)37-54(62)46-17-21-50(64)22-18-46)32-41(3)66-26-30-68(31-27-66)58(72)47-10-6-8-43(33-47)38-69-55-13-5-4-12-51(55)61(59(69)73)36-53(61)45-15-19-49(63)20-16-45/h4-23,33-35,40-41,53-54H,24-32,36-39H2,1-3H3. The van der Waals surface area contributed by atoms with E-state index in [-0.39, 0.29) is 41.5 Å². The summed E-state index contributed by atoms with van der Waals surface area (Å²) in [5, 5.41) is 1.36. The number of halogens is 2. The zero-order valence-electron chi connectivity index (χ0n) is 42.4. The smallest absolute Gasteiger partial charge is 0.253 e. The quantitative estimate of drug-likeness (QED) is 0.121. The number of benzene rings is 6. The summed E-state index contributed by atoms with van der Waals surface area (Å²) < 4.78 is 0. The van der Waals surface area contributed by atoms with E-state index in [1.54, 1.807) is 0 Å². The lowest BCUT2D eigenvalue weighted by Crippen LogP contribution is -2.51. The number of rotatable bonds is 12. The van der Waals surface area contributed by atoms with Crippen molar-refractivity contribution < 1.29 is 19.2 Å². The molecule has 4 fully saturated rings. The molecule has 378 valence electrons. The Morgan fingerprint density at radius 2 is 0.986 bits per heavy atom. The minimum atomic E-state index is -0.641. The van der Waals surface area contributed by atoms with E-state index in [4.69, 9.17) is 23.2 Å². The first-order valence-corrected chi connectivity index (χ1v) is 27.2. The second-order valence-corrected chi connectivity index (χ2v) is 22.8. The number of carbonyl (C=O) groups excluding carboxylic acids is 4. The van der Waals surface area contributed by atoms with E-state index in [0.29, 0.717) is 66.5 Å². The first-order chi connectivity index (χ1) is 35.8. The number of piperazine rings is 2. The van der Waals surface area contributed by atoms with Crippen LogP contribution < -0.4 is 9.80 Å². The molecule has 2 spiro atoms. The molecule has 0 aromatic heterocycles. The Bertz CT molecular complexity index is 3180. The van der Waals surface area contributed by atoms with Crippen molar-refractivity contribution in [3.8, 4) is 0 Å². The highest BCUT2D eigenvalue weighted by molar-refractivity contribution is 6.30. The minimum absolute atomic E-state index is 0.00225. The number of hydrogen-bond donors (Lipinski definition) is 0. The van der Waals surface area contributed by atoms with Crippen molar-refractivity contribution in [2.45, 2.75) is 87.9 Å². The number of para-hydroxylation sites is 1. The van der Waals surface area contributed by atoms with Gasteiger partial charge in [0.1, 0.15) is 0 Å². The first-order valence-electron chi connectivity index (χ1n) is 26.4. The van der Waals surface area contributed by atoms with E-state index in [1.807, 2.05) is 135 Å². The van der Waals surface area contributed by atoms with Crippen molar-refractivity contribution in [2.24, 2.45) is 0 Å². The normalized spacial score (nSPS) is 23.8. The SMILES string of the molecule is CC(C)N1CCN(C(=O)c2cccc(CN3C(=O)C4(CC4c4ccc(Cl)cc4)c4ccc(CC(C)N5CCN(C(=O)c6cccc(CN7C(=O)C8(CC8c8ccc(Cl)cc8)c8ccccc87)c6)CC5)cc43)c2)CC1. The summed E-state index contributed by atoms with van der Waals surface area (Å²) in [6.45, 7) is 13.2. The molecule has 5 atom stereocenters. The van der Waals surface area contributed by atoms with E-state index in [1.165, 1.54) is 0 Å². The average molecular weight is 1030 g/mol. The molecule has 2 aliphatic carbocycles. The Labute approximate surface area is 444 Å². The molecule has 6 aromatic rings. The maximum Gasteiger partial charge on any atom is 0.253 e. The zero-order valence-corrected chi connectivity index (χ0v) is 43.9. The highest BCUT2D eigenvalue weighted by Crippen LogP contribution is 2.68. The van der Waals surface area contributed by atoms with Gasteiger partial charge in [0.2, 0.25) is 11.8 Å². The number of fused-ring (bicyclic) bond motifs is 4. The van der Waals surface area contributed by atoms with Crippen LogP contribution in [0.2, 0.25) is 10.0 Å². The Hall–Kier alpha value is -6.30. The highest BCUT2D eigenvalue weighted by atomic mass is 35.5. The fourth-order valence-electron chi connectivity index (χ4n) is 13.0. The molecule has 6 aliphatic rings. The van der Waals surface area contributed by atoms with E-state index < -0.39 is 10.8 Å². The molecule has 74 heavy (non-hydrogen) atoms. The fraction of sp³-hybridized carbons (Fsp3) is 0.355. The van der Waals surface area contributed by atoms with Gasteiger partial charge in [-0.15, -0.1) is 0 Å². The minimum Gasteiger partial charge on any atom is -0.336 e. The third-order valence-electron chi connectivity index (χ3n) is 17.3. The van der Waals surface area contributed by atoms with Crippen LogP contribution in [0.25, 0.3) is 0 Å². The van der Waals surface area contributed by atoms with E-state index in [0.717, 1.165) is 95.8 Å². The Balaban J connectivity index is 0.714. The Kier molecular flexibility index (Phi) is 12.6. The molecule has 6 aromatic carbocycles. The number of amides is 4. The van der Waals surface area contributed by atoms with Crippen LogP contribution in [0.3, 0.4) is 0 Å². The van der Waals surface area contributed by atoms with Crippen LogP contribution in [0.1, 0.15) is 105 Å². The summed E-state index contributed by atoms with van der Waals surface area (Å²) in [6, 6.07) is 46.8. The van der Waals surface area contributed by atoms with Crippen molar-refractivity contribution >= 4 is 58.2 Å². The van der Waals surface area contributed by atoms with Gasteiger partial charge in [-0.2, -0.15) is 0 Å².